The molecule has 0 aliphatic rings. The van der Waals surface area contributed by atoms with Crippen molar-refractivity contribution in [3.05, 3.63) is 65.7 Å². The van der Waals surface area contributed by atoms with Gasteiger partial charge in [0.25, 0.3) is 5.91 Å². The average molecular weight is 285 g/mol. The lowest BCUT2D eigenvalue weighted by atomic mass is 10.0. The van der Waals surface area contributed by atoms with Gasteiger partial charge in [-0.2, -0.15) is 0 Å². The molecular formula is C17H19NO3. The van der Waals surface area contributed by atoms with Crippen molar-refractivity contribution in [2.75, 3.05) is 14.2 Å². The normalized spacial score (nSPS) is 11.7. The smallest absolute Gasteiger partial charge is 0.253 e. The molecule has 0 saturated heterocycles. The van der Waals surface area contributed by atoms with Gasteiger partial charge in [0.05, 0.1) is 0 Å². The minimum absolute atomic E-state index is 0.176. The van der Waals surface area contributed by atoms with Gasteiger partial charge >= 0.3 is 0 Å². The van der Waals surface area contributed by atoms with Crippen LogP contribution in [0.4, 0.5) is 0 Å². The van der Waals surface area contributed by atoms with E-state index in [0.717, 1.165) is 16.9 Å². The third-order valence-corrected chi connectivity index (χ3v) is 3.20. The van der Waals surface area contributed by atoms with E-state index in [1.807, 2.05) is 54.6 Å². The third-order valence-electron chi connectivity index (χ3n) is 3.20. The SMILES string of the molecule is CNC(=O)C(OC)c1ccccc1COc1ccccc1. The van der Waals surface area contributed by atoms with Crippen molar-refractivity contribution in [1.82, 2.24) is 5.32 Å². The fourth-order valence-electron chi connectivity index (χ4n) is 2.11. The molecule has 21 heavy (non-hydrogen) atoms. The first-order valence-electron chi connectivity index (χ1n) is 6.76. The standard InChI is InChI=1S/C17H19NO3/c1-18-17(19)16(20-2)15-11-7-6-8-13(15)12-21-14-9-4-3-5-10-14/h3-11,16H,12H2,1-2H3,(H,18,19). The number of benzene rings is 2. The van der Waals surface area contributed by atoms with Crippen molar-refractivity contribution in [3.63, 3.8) is 0 Å². The van der Waals surface area contributed by atoms with Crippen molar-refractivity contribution in [2.24, 2.45) is 0 Å². The Morgan fingerprint density at radius 3 is 2.43 bits per heavy atom. The Morgan fingerprint density at radius 2 is 1.76 bits per heavy atom. The number of methoxy groups -OCH3 is 1. The maximum Gasteiger partial charge on any atom is 0.253 e. The lowest BCUT2D eigenvalue weighted by molar-refractivity contribution is -0.130. The first-order valence-corrected chi connectivity index (χ1v) is 6.76. The van der Waals surface area contributed by atoms with Gasteiger partial charge in [-0.15, -0.1) is 0 Å². The number of hydrogen-bond donors (Lipinski definition) is 1. The molecule has 0 bridgehead atoms. The summed E-state index contributed by atoms with van der Waals surface area (Å²) in [6, 6.07) is 17.2. The van der Waals surface area contributed by atoms with Crippen LogP contribution in [0.2, 0.25) is 0 Å². The highest BCUT2D eigenvalue weighted by Crippen LogP contribution is 2.23. The highest BCUT2D eigenvalue weighted by atomic mass is 16.5. The first kappa shape index (κ1) is 15.1. The quantitative estimate of drug-likeness (QED) is 0.887. The number of nitrogens with one attached hydrogen (secondary N) is 1. The van der Waals surface area contributed by atoms with Crippen LogP contribution in [0, 0.1) is 0 Å². The van der Waals surface area contributed by atoms with E-state index in [4.69, 9.17) is 9.47 Å². The van der Waals surface area contributed by atoms with E-state index in [1.165, 1.54) is 7.11 Å². The Labute approximate surface area is 124 Å². The molecule has 1 amide bonds. The molecule has 0 aliphatic heterocycles. The minimum Gasteiger partial charge on any atom is -0.489 e. The van der Waals surface area contributed by atoms with Crippen LogP contribution >= 0.6 is 0 Å². The van der Waals surface area contributed by atoms with Crippen LogP contribution < -0.4 is 10.1 Å². The van der Waals surface area contributed by atoms with E-state index in [-0.39, 0.29) is 5.91 Å². The molecule has 0 fully saturated rings. The van der Waals surface area contributed by atoms with Crippen LogP contribution in [0.15, 0.2) is 54.6 Å². The number of ether oxygens (including phenoxy) is 2. The fourth-order valence-corrected chi connectivity index (χ4v) is 2.11. The Hall–Kier alpha value is -2.33. The van der Waals surface area contributed by atoms with E-state index in [9.17, 15) is 4.79 Å². The lowest BCUT2D eigenvalue weighted by Gasteiger charge is -2.18. The van der Waals surface area contributed by atoms with E-state index >= 15 is 0 Å². The number of carbonyl (C=O) groups excluding carboxylic acids is 1. The molecule has 0 aromatic heterocycles. The van der Waals surface area contributed by atoms with Gasteiger partial charge in [0, 0.05) is 14.2 Å². The summed E-state index contributed by atoms with van der Waals surface area (Å²) in [5, 5.41) is 2.61. The predicted octanol–water partition coefficient (Wildman–Crippen LogP) is 2.70. The van der Waals surface area contributed by atoms with Crippen LogP contribution in [0.3, 0.4) is 0 Å². The summed E-state index contributed by atoms with van der Waals surface area (Å²) < 4.78 is 11.1. The van der Waals surface area contributed by atoms with Gasteiger partial charge in [0.2, 0.25) is 0 Å². The predicted molar refractivity (Wildman–Crippen MR) is 81.0 cm³/mol. The maximum atomic E-state index is 11.9. The molecule has 0 saturated carbocycles. The summed E-state index contributed by atoms with van der Waals surface area (Å²) in [6.07, 6.45) is -0.634. The Morgan fingerprint density at radius 1 is 1.10 bits per heavy atom. The monoisotopic (exact) mass is 285 g/mol. The molecule has 0 aliphatic carbocycles. The zero-order valence-electron chi connectivity index (χ0n) is 12.2. The molecule has 1 unspecified atom stereocenters. The molecule has 2 aromatic carbocycles. The van der Waals surface area contributed by atoms with Crippen LogP contribution in [-0.2, 0) is 16.1 Å². The van der Waals surface area contributed by atoms with Gasteiger partial charge < -0.3 is 14.8 Å². The van der Waals surface area contributed by atoms with E-state index in [1.54, 1.807) is 7.05 Å². The largest absolute Gasteiger partial charge is 0.489 e. The fraction of sp³-hybridized carbons (Fsp3) is 0.235. The zero-order valence-corrected chi connectivity index (χ0v) is 12.2. The summed E-state index contributed by atoms with van der Waals surface area (Å²) in [4.78, 5) is 11.9. The second-order valence-electron chi connectivity index (χ2n) is 4.53. The Balaban J connectivity index is 2.18. The molecule has 2 rings (SSSR count). The number of amides is 1. The topological polar surface area (TPSA) is 47.6 Å². The summed E-state index contributed by atoms with van der Waals surface area (Å²) in [5.74, 6) is 0.617. The van der Waals surface area contributed by atoms with Crippen LogP contribution in [0.25, 0.3) is 0 Å². The van der Waals surface area contributed by atoms with E-state index in [0.29, 0.717) is 6.61 Å². The van der Waals surface area contributed by atoms with Crippen molar-refractivity contribution in [2.45, 2.75) is 12.7 Å². The van der Waals surface area contributed by atoms with Gasteiger partial charge in [-0.1, -0.05) is 42.5 Å². The molecule has 0 radical (unpaired) electrons. The zero-order chi connectivity index (χ0) is 15.1. The van der Waals surface area contributed by atoms with Crippen molar-refractivity contribution >= 4 is 5.91 Å². The lowest BCUT2D eigenvalue weighted by Crippen LogP contribution is -2.27. The molecule has 1 atom stereocenters. The second-order valence-corrected chi connectivity index (χ2v) is 4.53. The van der Waals surface area contributed by atoms with Gasteiger partial charge in [0.15, 0.2) is 6.10 Å². The number of rotatable bonds is 6. The van der Waals surface area contributed by atoms with Crippen molar-refractivity contribution in [3.8, 4) is 5.75 Å². The summed E-state index contributed by atoms with van der Waals surface area (Å²) in [5.41, 5.74) is 1.74. The van der Waals surface area contributed by atoms with Crippen LogP contribution in [0.1, 0.15) is 17.2 Å². The Kier molecular flexibility index (Phi) is 5.35. The number of likely N-dealkylation sites (N-methyl/N-ethyl adjacent to an activating group) is 1. The molecule has 4 heteroatoms. The summed E-state index contributed by atoms with van der Waals surface area (Å²) in [7, 11) is 3.12. The first-order chi connectivity index (χ1) is 10.3. The molecule has 1 N–H and O–H groups in total. The number of para-hydroxylation sites is 1. The summed E-state index contributed by atoms with van der Waals surface area (Å²) >= 11 is 0. The second kappa shape index (κ2) is 7.45. The van der Waals surface area contributed by atoms with Crippen molar-refractivity contribution in [1.29, 1.82) is 0 Å². The van der Waals surface area contributed by atoms with Gasteiger partial charge in [0.1, 0.15) is 12.4 Å². The Bertz CT molecular complexity index is 584. The van der Waals surface area contributed by atoms with Gasteiger partial charge in [-0.3, -0.25) is 4.79 Å². The molecule has 2 aromatic rings. The molecule has 4 nitrogen and oxygen atoms in total. The van der Waals surface area contributed by atoms with E-state index in [2.05, 4.69) is 5.32 Å². The molecule has 110 valence electrons. The van der Waals surface area contributed by atoms with Crippen molar-refractivity contribution < 1.29 is 14.3 Å². The minimum atomic E-state index is -0.634. The third kappa shape index (κ3) is 3.83. The van der Waals surface area contributed by atoms with E-state index < -0.39 is 6.10 Å². The van der Waals surface area contributed by atoms with Gasteiger partial charge in [-0.25, -0.2) is 0 Å². The maximum absolute atomic E-state index is 11.9. The molecule has 0 spiro atoms. The van der Waals surface area contributed by atoms with Gasteiger partial charge in [-0.05, 0) is 23.3 Å². The highest BCUT2D eigenvalue weighted by molar-refractivity contribution is 5.82. The molecule has 0 heterocycles. The molecular weight excluding hydrogens is 266 g/mol. The number of hydrogen-bond acceptors (Lipinski definition) is 3. The number of carbonyl (C=O) groups is 1. The van der Waals surface area contributed by atoms with Crippen LogP contribution in [0.5, 0.6) is 5.75 Å². The average Bonchev–Trinajstić information content (AvgIpc) is 2.55. The summed E-state index contributed by atoms with van der Waals surface area (Å²) in [6.45, 7) is 0.386. The highest BCUT2D eigenvalue weighted by Gasteiger charge is 2.21. The van der Waals surface area contributed by atoms with Crippen LogP contribution in [-0.4, -0.2) is 20.1 Å².